The Morgan fingerprint density at radius 1 is 1.18 bits per heavy atom. The van der Waals surface area contributed by atoms with Crippen LogP contribution in [0.25, 0.3) is 11.5 Å². The highest BCUT2D eigenvalue weighted by Crippen LogP contribution is 2.25. The molecule has 4 heteroatoms. The molecule has 1 heterocycles. The number of aryl methyl sites for hydroxylation is 2. The minimum Gasteiger partial charge on any atom is -0.441 e. The van der Waals surface area contributed by atoms with Crippen LogP contribution in [-0.2, 0) is 11.3 Å². The summed E-state index contributed by atoms with van der Waals surface area (Å²) in [5.41, 5.74) is 3.02. The first kappa shape index (κ1) is 24.4. The average Bonchev–Trinajstić information content (AvgIpc) is 3.02. The van der Waals surface area contributed by atoms with Crippen molar-refractivity contribution in [1.29, 1.82) is 0 Å². The monoisotopic (exact) mass is 389 g/mol. The maximum absolute atomic E-state index is 9.70. The standard InChI is InChI=1S/C18H23NO3.C4H10.C2H6/c1-12-5-3-6-14(9-12)18-19-17(13(2)22-18)11-21-16-8-4-7-15(20)10-16;1-4(2)3;1-2/h3,5-6,9,15-16,20H,4,7-8,10-11H2,1-2H3;4H,1-3H3;1-2H3. The van der Waals surface area contributed by atoms with Gasteiger partial charge in [-0.3, -0.25) is 0 Å². The smallest absolute Gasteiger partial charge is 0.226 e. The minimum atomic E-state index is -0.222. The largest absolute Gasteiger partial charge is 0.441 e. The van der Waals surface area contributed by atoms with Crippen LogP contribution in [0, 0.1) is 19.8 Å². The van der Waals surface area contributed by atoms with Gasteiger partial charge in [0.05, 0.1) is 18.8 Å². The Kier molecular flexibility index (Phi) is 11.1. The van der Waals surface area contributed by atoms with Crippen LogP contribution < -0.4 is 0 Å². The molecular formula is C24H39NO3. The molecule has 3 rings (SSSR count). The average molecular weight is 390 g/mol. The second-order valence-corrected chi connectivity index (χ2v) is 7.88. The van der Waals surface area contributed by atoms with Crippen LogP contribution in [0.5, 0.6) is 0 Å². The highest BCUT2D eigenvalue weighted by Gasteiger charge is 2.21. The summed E-state index contributed by atoms with van der Waals surface area (Å²) >= 11 is 0. The van der Waals surface area contributed by atoms with Crippen molar-refractivity contribution >= 4 is 0 Å². The van der Waals surface area contributed by atoms with Gasteiger partial charge in [0.25, 0.3) is 0 Å². The maximum Gasteiger partial charge on any atom is 0.226 e. The van der Waals surface area contributed by atoms with Gasteiger partial charge in [-0.1, -0.05) is 52.3 Å². The van der Waals surface area contributed by atoms with Crippen LogP contribution in [0.3, 0.4) is 0 Å². The Hall–Kier alpha value is -1.65. The number of ether oxygens (including phenoxy) is 1. The highest BCUT2D eigenvalue weighted by molar-refractivity contribution is 5.54. The molecule has 0 amide bonds. The van der Waals surface area contributed by atoms with Gasteiger partial charge in [0, 0.05) is 5.56 Å². The van der Waals surface area contributed by atoms with Gasteiger partial charge in [-0.25, -0.2) is 4.98 Å². The van der Waals surface area contributed by atoms with Crippen LogP contribution in [0.1, 0.15) is 77.3 Å². The van der Waals surface area contributed by atoms with Gasteiger partial charge in [-0.15, -0.1) is 0 Å². The third-order valence-electron chi connectivity index (χ3n) is 4.21. The lowest BCUT2D eigenvalue weighted by atomic mass is 9.95. The lowest BCUT2D eigenvalue weighted by Gasteiger charge is -2.25. The molecule has 0 spiro atoms. The molecule has 2 unspecified atom stereocenters. The summed E-state index contributed by atoms with van der Waals surface area (Å²) in [5, 5.41) is 9.70. The fourth-order valence-electron chi connectivity index (χ4n) is 2.93. The Labute approximate surface area is 171 Å². The van der Waals surface area contributed by atoms with E-state index in [9.17, 15) is 5.11 Å². The number of aliphatic hydroxyl groups excluding tert-OH is 1. The van der Waals surface area contributed by atoms with Crippen LogP contribution in [0.15, 0.2) is 28.7 Å². The Morgan fingerprint density at radius 2 is 1.86 bits per heavy atom. The van der Waals surface area contributed by atoms with Crippen molar-refractivity contribution in [1.82, 2.24) is 4.98 Å². The van der Waals surface area contributed by atoms with Crippen molar-refractivity contribution in [2.45, 2.75) is 93.0 Å². The van der Waals surface area contributed by atoms with Gasteiger partial charge >= 0.3 is 0 Å². The first-order valence-corrected chi connectivity index (χ1v) is 10.7. The fraction of sp³-hybridized carbons (Fsp3) is 0.625. The van der Waals surface area contributed by atoms with Gasteiger partial charge in [0.1, 0.15) is 11.5 Å². The summed E-state index contributed by atoms with van der Waals surface area (Å²) in [6.45, 7) is 14.9. The molecular weight excluding hydrogens is 350 g/mol. The van der Waals surface area contributed by atoms with Gasteiger partial charge < -0.3 is 14.3 Å². The molecule has 1 N–H and O–H groups in total. The maximum atomic E-state index is 9.70. The molecule has 2 atom stereocenters. The van der Waals surface area contributed by atoms with E-state index in [-0.39, 0.29) is 12.2 Å². The van der Waals surface area contributed by atoms with Gasteiger partial charge in [0.2, 0.25) is 5.89 Å². The van der Waals surface area contributed by atoms with Crippen molar-refractivity contribution < 1.29 is 14.3 Å². The first-order valence-electron chi connectivity index (χ1n) is 10.7. The number of nitrogens with zero attached hydrogens (tertiary/aromatic N) is 1. The van der Waals surface area contributed by atoms with E-state index in [1.165, 1.54) is 5.56 Å². The van der Waals surface area contributed by atoms with Crippen molar-refractivity contribution in [2.75, 3.05) is 0 Å². The molecule has 0 saturated heterocycles. The van der Waals surface area contributed by atoms with E-state index < -0.39 is 0 Å². The number of benzene rings is 1. The summed E-state index contributed by atoms with van der Waals surface area (Å²) in [6, 6.07) is 8.12. The Morgan fingerprint density at radius 3 is 2.46 bits per heavy atom. The van der Waals surface area contributed by atoms with E-state index in [1.54, 1.807) is 0 Å². The molecule has 1 aromatic carbocycles. The normalized spacial score (nSPS) is 18.8. The lowest BCUT2D eigenvalue weighted by Crippen LogP contribution is -2.25. The van der Waals surface area contributed by atoms with Crippen LogP contribution in [0.4, 0.5) is 0 Å². The fourth-order valence-corrected chi connectivity index (χ4v) is 2.93. The quantitative estimate of drug-likeness (QED) is 0.651. The van der Waals surface area contributed by atoms with E-state index in [0.29, 0.717) is 12.5 Å². The summed E-state index contributed by atoms with van der Waals surface area (Å²) < 4.78 is 11.7. The van der Waals surface area contributed by atoms with E-state index in [1.807, 2.05) is 32.9 Å². The summed E-state index contributed by atoms with van der Waals surface area (Å²) in [7, 11) is 0. The predicted molar refractivity (Wildman–Crippen MR) is 116 cm³/mol. The van der Waals surface area contributed by atoms with Gasteiger partial charge in [-0.05, 0) is 57.6 Å². The van der Waals surface area contributed by atoms with Crippen LogP contribution >= 0.6 is 0 Å². The van der Waals surface area contributed by atoms with Crippen molar-refractivity contribution in [3.05, 3.63) is 41.3 Å². The molecule has 4 nitrogen and oxygen atoms in total. The minimum absolute atomic E-state index is 0.127. The molecule has 0 bridgehead atoms. The second-order valence-electron chi connectivity index (χ2n) is 7.88. The van der Waals surface area contributed by atoms with Crippen LogP contribution in [0.2, 0.25) is 0 Å². The van der Waals surface area contributed by atoms with Gasteiger partial charge in [0.15, 0.2) is 0 Å². The number of aliphatic hydroxyl groups is 1. The van der Waals surface area contributed by atoms with Crippen LogP contribution in [-0.4, -0.2) is 22.3 Å². The van der Waals surface area contributed by atoms with Crippen molar-refractivity contribution in [3.8, 4) is 11.5 Å². The molecule has 28 heavy (non-hydrogen) atoms. The van der Waals surface area contributed by atoms with Gasteiger partial charge in [-0.2, -0.15) is 0 Å². The van der Waals surface area contributed by atoms with E-state index in [4.69, 9.17) is 9.15 Å². The zero-order valence-corrected chi connectivity index (χ0v) is 18.8. The molecule has 158 valence electrons. The second kappa shape index (κ2) is 12.7. The summed E-state index contributed by atoms with van der Waals surface area (Å²) in [6.07, 6.45) is 3.56. The molecule has 2 aromatic rings. The molecule has 0 radical (unpaired) electrons. The molecule has 1 fully saturated rings. The zero-order chi connectivity index (χ0) is 21.1. The summed E-state index contributed by atoms with van der Waals surface area (Å²) in [4.78, 5) is 4.57. The number of aromatic nitrogens is 1. The highest BCUT2D eigenvalue weighted by atomic mass is 16.5. The number of oxazole rings is 1. The first-order chi connectivity index (χ1) is 13.3. The number of hydrogen-bond donors (Lipinski definition) is 1. The Balaban J connectivity index is 0.000000583. The van der Waals surface area contributed by atoms with Crippen molar-refractivity contribution in [3.63, 3.8) is 0 Å². The molecule has 1 aromatic heterocycles. The lowest BCUT2D eigenvalue weighted by molar-refractivity contribution is -0.0240. The summed E-state index contributed by atoms with van der Waals surface area (Å²) in [5.74, 6) is 2.27. The predicted octanol–water partition coefficient (Wildman–Crippen LogP) is 6.47. The zero-order valence-electron chi connectivity index (χ0n) is 18.8. The SMILES string of the molecule is CC.CC(C)C.Cc1cccc(-c2nc(COC3CCCC(O)C3)c(C)o2)c1. The van der Waals surface area contributed by atoms with Crippen molar-refractivity contribution in [2.24, 2.45) is 5.92 Å². The molecule has 1 aliphatic carbocycles. The molecule has 1 saturated carbocycles. The number of rotatable bonds is 4. The van der Waals surface area contributed by atoms with E-state index in [2.05, 4.69) is 44.8 Å². The topological polar surface area (TPSA) is 55.5 Å². The third kappa shape index (κ3) is 8.57. The Bertz CT molecular complexity index is 675. The third-order valence-corrected chi connectivity index (χ3v) is 4.21. The molecule has 1 aliphatic rings. The number of hydrogen-bond acceptors (Lipinski definition) is 4. The molecule has 0 aliphatic heterocycles. The van der Waals surface area contributed by atoms with E-state index in [0.717, 1.165) is 48.6 Å². The van der Waals surface area contributed by atoms with E-state index >= 15 is 0 Å².